The van der Waals surface area contributed by atoms with Gasteiger partial charge in [0.05, 0.1) is 5.75 Å². The topological polar surface area (TPSA) is 49.4 Å². The summed E-state index contributed by atoms with van der Waals surface area (Å²) in [6, 6.07) is 18.0. The first kappa shape index (κ1) is 25.0. The first-order valence-electron chi connectivity index (χ1n) is 11.3. The van der Waals surface area contributed by atoms with Gasteiger partial charge < -0.3 is 10.2 Å². The first-order valence-corrected chi connectivity index (χ1v) is 12.5. The summed E-state index contributed by atoms with van der Waals surface area (Å²) >= 11 is 1.62. The standard InChI is InChI=1S/C26H36N2O2S/c1-4-6-17-27-26(30)24(5-2)28(18-16-22-13-8-7-9-14-22)25(29)20-31-19-23-15-11-10-12-21(23)3/h7-15,24H,4-6,16-20H2,1-3H3,(H,27,30)/t24-/m1/s1. The Balaban J connectivity index is 2.04. The first-order chi connectivity index (χ1) is 15.1. The van der Waals surface area contributed by atoms with Gasteiger partial charge in [0.15, 0.2) is 0 Å². The molecule has 2 aromatic carbocycles. The Hall–Kier alpha value is -2.27. The lowest BCUT2D eigenvalue weighted by molar-refractivity contribution is -0.138. The molecule has 0 aliphatic rings. The Labute approximate surface area is 191 Å². The molecule has 0 heterocycles. The van der Waals surface area contributed by atoms with Crippen LogP contribution in [0.1, 0.15) is 49.8 Å². The van der Waals surface area contributed by atoms with E-state index in [4.69, 9.17) is 0 Å². The van der Waals surface area contributed by atoms with Crippen LogP contribution in [0, 0.1) is 6.92 Å². The fourth-order valence-electron chi connectivity index (χ4n) is 3.51. The summed E-state index contributed by atoms with van der Waals surface area (Å²) in [5, 5.41) is 3.02. The minimum Gasteiger partial charge on any atom is -0.354 e. The van der Waals surface area contributed by atoms with E-state index in [2.05, 4.69) is 43.4 Å². The summed E-state index contributed by atoms with van der Waals surface area (Å²) in [5.41, 5.74) is 3.67. The third kappa shape index (κ3) is 8.41. The van der Waals surface area contributed by atoms with Gasteiger partial charge in [0.2, 0.25) is 11.8 Å². The number of hydrogen-bond donors (Lipinski definition) is 1. The molecular weight excluding hydrogens is 404 g/mol. The van der Waals surface area contributed by atoms with Gasteiger partial charge in [0.1, 0.15) is 6.04 Å². The molecule has 1 N–H and O–H groups in total. The van der Waals surface area contributed by atoms with Crippen molar-refractivity contribution >= 4 is 23.6 Å². The molecule has 0 aliphatic heterocycles. The normalized spacial score (nSPS) is 11.7. The number of amides is 2. The van der Waals surface area contributed by atoms with Gasteiger partial charge in [-0.05, 0) is 42.9 Å². The summed E-state index contributed by atoms with van der Waals surface area (Å²) in [6.45, 7) is 7.39. The average Bonchev–Trinajstić information content (AvgIpc) is 2.78. The second-order valence-electron chi connectivity index (χ2n) is 7.81. The van der Waals surface area contributed by atoms with Crippen molar-refractivity contribution in [3.8, 4) is 0 Å². The number of carbonyl (C=O) groups excluding carboxylic acids is 2. The molecule has 0 saturated heterocycles. The predicted octanol–water partition coefficient (Wildman–Crippen LogP) is 4.99. The molecule has 1 atom stereocenters. The van der Waals surface area contributed by atoms with Crippen molar-refractivity contribution in [3.05, 3.63) is 71.3 Å². The lowest BCUT2D eigenvalue weighted by atomic mass is 10.1. The van der Waals surface area contributed by atoms with Crippen LogP contribution in [0.25, 0.3) is 0 Å². The molecule has 0 aromatic heterocycles. The summed E-state index contributed by atoms with van der Waals surface area (Å²) in [7, 11) is 0. The predicted molar refractivity (Wildman–Crippen MR) is 131 cm³/mol. The van der Waals surface area contributed by atoms with E-state index in [1.165, 1.54) is 16.7 Å². The quantitative estimate of drug-likeness (QED) is 0.446. The van der Waals surface area contributed by atoms with Crippen LogP contribution >= 0.6 is 11.8 Å². The summed E-state index contributed by atoms with van der Waals surface area (Å²) < 4.78 is 0. The molecule has 0 saturated carbocycles. The summed E-state index contributed by atoms with van der Waals surface area (Å²) in [6.07, 6.45) is 3.34. The highest BCUT2D eigenvalue weighted by Gasteiger charge is 2.27. The van der Waals surface area contributed by atoms with Crippen LogP contribution in [0.3, 0.4) is 0 Å². The lowest BCUT2D eigenvalue weighted by Crippen LogP contribution is -2.50. The zero-order chi connectivity index (χ0) is 22.5. The van der Waals surface area contributed by atoms with E-state index < -0.39 is 6.04 Å². The molecule has 0 unspecified atom stereocenters. The zero-order valence-electron chi connectivity index (χ0n) is 19.1. The summed E-state index contributed by atoms with van der Waals surface area (Å²) in [4.78, 5) is 27.8. The average molecular weight is 441 g/mol. The Morgan fingerprint density at radius 2 is 1.74 bits per heavy atom. The molecular formula is C26H36N2O2S. The maximum Gasteiger partial charge on any atom is 0.242 e. The van der Waals surface area contributed by atoms with Crippen LogP contribution in [0.5, 0.6) is 0 Å². The van der Waals surface area contributed by atoms with Crippen molar-refractivity contribution in [2.24, 2.45) is 0 Å². The lowest BCUT2D eigenvalue weighted by Gasteiger charge is -2.30. The third-order valence-corrected chi connectivity index (χ3v) is 6.41. The molecule has 0 aliphatic carbocycles. The number of thioether (sulfide) groups is 1. The highest BCUT2D eigenvalue weighted by Crippen LogP contribution is 2.18. The molecule has 0 radical (unpaired) electrons. The van der Waals surface area contributed by atoms with Crippen molar-refractivity contribution in [3.63, 3.8) is 0 Å². The number of aryl methyl sites for hydroxylation is 1. The molecule has 2 aromatic rings. The van der Waals surface area contributed by atoms with Crippen molar-refractivity contribution in [1.29, 1.82) is 0 Å². The number of nitrogens with one attached hydrogen (secondary N) is 1. The van der Waals surface area contributed by atoms with Crippen LogP contribution in [0.2, 0.25) is 0 Å². The summed E-state index contributed by atoms with van der Waals surface area (Å²) in [5.74, 6) is 1.17. The van der Waals surface area contributed by atoms with Crippen molar-refractivity contribution < 1.29 is 9.59 Å². The second-order valence-corrected chi connectivity index (χ2v) is 8.80. The molecule has 0 spiro atoms. The van der Waals surface area contributed by atoms with E-state index in [-0.39, 0.29) is 11.8 Å². The zero-order valence-corrected chi connectivity index (χ0v) is 19.9. The Kier molecular flexibility index (Phi) is 11.2. The van der Waals surface area contributed by atoms with E-state index in [9.17, 15) is 9.59 Å². The van der Waals surface area contributed by atoms with Crippen molar-refractivity contribution in [1.82, 2.24) is 10.2 Å². The van der Waals surface area contributed by atoms with Gasteiger partial charge in [-0.2, -0.15) is 0 Å². The van der Waals surface area contributed by atoms with Crippen molar-refractivity contribution in [2.45, 2.75) is 58.2 Å². The molecule has 31 heavy (non-hydrogen) atoms. The smallest absolute Gasteiger partial charge is 0.242 e. The van der Waals surface area contributed by atoms with Gasteiger partial charge in [0.25, 0.3) is 0 Å². The van der Waals surface area contributed by atoms with Gasteiger partial charge in [-0.1, -0.05) is 74.9 Å². The molecule has 2 rings (SSSR count). The SMILES string of the molecule is CCCCNC(=O)[C@@H](CC)N(CCc1ccccc1)C(=O)CSCc1ccccc1C. The van der Waals surface area contributed by atoms with Gasteiger partial charge in [-0.15, -0.1) is 11.8 Å². The van der Waals surface area contributed by atoms with Gasteiger partial charge in [-0.25, -0.2) is 0 Å². The molecule has 5 heteroatoms. The maximum absolute atomic E-state index is 13.2. The highest BCUT2D eigenvalue weighted by atomic mass is 32.2. The third-order valence-electron chi connectivity index (χ3n) is 5.44. The van der Waals surface area contributed by atoms with E-state index in [0.29, 0.717) is 25.3 Å². The Morgan fingerprint density at radius 3 is 2.42 bits per heavy atom. The van der Waals surface area contributed by atoms with Crippen LogP contribution < -0.4 is 5.32 Å². The van der Waals surface area contributed by atoms with Crippen LogP contribution in [-0.4, -0.2) is 41.6 Å². The van der Waals surface area contributed by atoms with E-state index in [1.807, 2.05) is 37.3 Å². The monoisotopic (exact) mass is 440 g/mol. The van der Waals surface area contributed by atoms with E-state index >= 15 is 0 Å². The number of carbonyl (C=O) groups is 2. The van der Waals surface area contributed by atoms with Gasteiger partial charge >= 0.3 is 0 Å². The minimum atomic E-state index is -0.424. The minimum absolute atomic E-state index is 0.0343. The molecule has 0 bridgehead atoms. The largest absolute Gasteiger partial charge is 0.354 e. The number of hydrogen-bond acceptors (Lipinski definition) is 3. The molecule has 4 nitrogen and oxygen atoms in total. The number of nitrogens with zero attached hydrogens (tertiary/aromatic N) is 1. The molecule has 168 valence electrons. The van der Waals surface area contributed by atoms with Gasteiger partial charge in [-0.3, -0.25) is 9.59 Å². The molecule has 2 amide bonds. The second kappa shape index (κ2) is 13.9. The molecule has 0 fully saturated rings. The maximum atomic E-state index is 13.2. The number of unbranched alkanes of at least 4 members (excludes halogenated alkanes) is 1. The number of rotatable bonds is 13. The number of benzene rings is 2. The van der Waals surface area contributed by atoms with E-state index in [1.54, 1.807) is 16.7 Å². The van der Waals surface area contributed by atoms with Crippen LogP contribution in [0.4, 0.5) is 0 Å². The van der Waals surface area contributed by atoms with E-state index in [0.717, 1.165) is 25.0 Å². The fraction of sp³-hybridized carbons (Fsp3) is 0.462. The van der Waals surface area contributed by atoms with Crippen LogP contribution in [-0.2, 0) is 21.8 Å². The Bertz CT molecular complexity index is 810. The fourth-order valence-corrected chi connectivity index (χ4v) is 4.49. The van der Waals surface area contributed by atoms with Crippen molar-refractivity contribution in [2.75, 3.05) is 18.8 Å². The van der Waals surface area contributed by atoms with Gasteiger partial charge in [0, 0.05) is 18.8 Å². The Morgan fingerprint density at radius 1 is 1.03 bits per heavy atom. The van der Waals surface area contributed by atoms with Crippen LogP contribution in [0.15, 0.2) is 54.6 Å². The highest BCUT2D eigenvalue weighted by molar-refractivity contribution is 7.99.